The van der Waals surface area contributed by atoms with Gasteiger partial charge in [0.2, 0.25) is 5.91 Å². The fraction of sp³-hybridized carbons (Fsp3) is 0.500. The fourth-order valence-corrected chi connectivity index (χ4v) is 5.05. The normalized spacial score (nSPS) is 21.2. The standard InChI is InChI=1S/C18H23N3O6S/c1-26-15-5-3-4-12(17(15)27-2)10-19-18(23)14-6-7-16(22)21(20-14)13-8-9-28(24,25)11-13/h3-5,13H,6-11H2,1-2H3,(H,19,23). The lowest BCUT2D eigenvalue weighted by molar-refractivity contribution is -0.133. The first-order valence-corrected chi connectivity index (χ1v) is 10.7. The van der Waals surface area contributed by atoms with E-state index in [-0.39, 0.29) is 42.5 Å². The van der Waals surface area contributed by atoms with Gasteiger partial charge in [-0.3, -0.25) is 9.59 Å². The largest absolute Gasteiger partial charge is 0.493 e. The van der Waals surface area contributed by atoms with Gasteiger partial charge in [0.15, 0.2) is 21.3 Å². The Kier molecular flexibility index (Phi) is 5.87. The van der Waals surface area contributed by atoms with E-state index in [1.807, 2.05) is 6.07 Å². The predicted octanol–water partition coefficient (Wildman–Crippen LogP) is 0.486. The van der Waals surface area contributed by atoms with Crippen molar-refractivity contribution in [3.63, 3.8) is 0 Å². The van der Waals surface area contributed by atoms with Crippen molar-refractivity contribution in [1.29, 1.82) is 0 Å². The van der Waals surface area contributed by atoms with Crippen LogP contribution < -0.4 is 14.8 Å². The van der Waals surface area contributed by atoms with Crippen LogP contribution in [-0.4, -0.2) is 62.7 Å². The van der Waals surface area contributed by atoms with Gasteiger partial charge in [-0.2, -0.15) is 5.10 Å². The molecule has 1 aromatic carbocycles. The summed E-state index contributed by atoms with van der Waals surface area (Å²) in [6.07, 6.45) is 0.689. The highest BCUT2D eigenvalue weighted by molar-refractivity contribution is 7.91. The van der Waals surface area contributed by atoms with Gasteiger partial charge in [0.25, 0.3) is 5.91 Å². The maximum Gasteiger partial charge on any atom is 0.267 e. The van der Waals surface area contributed by atoms with Crippen LogP contribution in [0.3, 0.4) is 0 Å². The van der Waals surface area contributed by atoms with Gasteiger partial charge in [-0.1, -0.05) is 12.1 Å². The minimum Gasteiger partial charge on any atom is -0.493 e. The summed E-state index contributed by atoms with van der Waals surface area (Å²) in [5, 5.41) is 8.12. The summed E-state index contributed by atoms with van der Waals surface area (Å²) in [6, 6.07) is 4.86. The molecule has 152 valence electrons. The first kappa shape index (κ1) is 20.1. The SMILES string of the molecule is COc1cccc(CNC(=O)C2=NN(C3CCS(=O)(=O)C3)C(=O)CC2)c1OC. The molecule has 3 rings (SSSR count). The highest BCUT2D eigenvalue weighted by atomic mass is 32.2. The predicted molar refractivity (Wildman–Crippen MR) is 102 cm³/mol. The molecule has 0 aromatic heterocycles. The maximum absolute atomic E-state index is 12.5. The number of hydrazone groups is 1. The number of hydrogen-bond donors (Lipinski definition) is 1. The van der Waals surface area contributed by atoms with E-state index in [9.17, 15) is 18.0 Å². The summed E-state index contributed by atoms with van der Waals surface area (Å²) in [6.45, 7) is 0.198. The Morgan fingerprint density at radius 2 is 2.07 bits per heavy atom. The van der Waals surface area contributed by atoms with Crippen LogP contribution >= 0.6 is 0 Å². The van der Waals surface area contributed by atoms with Crippen molar-refractivity contribution >= 4 is 27.4 Å². The molecule has 1 saturated heterocycles. The number of nitrogens with one attached hydrogen (secondary N) is 1. The molecule has 10 heteroatoms. The number of sulfone groups is 1. The second kappa shape index (κ2) is 8.17. The Hall–Kier alpha value is -2.62. The summed E-state index contributed by atoms with van der Waals surface area (Å²) >= 11 is 0. The zero-order valence-corrected chi connectivity index (χ0v) is 16.6. The Morgan fingerprint density at radius 3 is 2.71 bits per heavy atom. The van der Waals surface area contributed by atoms with Crippen LogP contribution in [0.1, 0.15) is 24.8 Å². The van der Waals surface area contributed by atoms with E-state index < -0.39 is 21.8 Å². The summed E-state index contributed by atoms with van der Waals surface area (Å²) in [7, 11) is -0.101. The zero-order chi connectivity index (χ0) is 20.3. The number of hydrogen-bond acceptors (Lipinski definition) is 7. The second-order valence-electron chi connectivity index (χ2n) is 6.68. The van der Waals surface area contributed by atoms with Crippen LogP contribution in [0.15, 0.2) is 23.3 Å². The molecule has 1 N–H and O–H groups in total. The molecule has 0 saturated carbocycles. The quantitative estimate of drug-likeness (QED) is 0.731. The van der Waals surface area contributed by atoms with Gasteiger partial charge in [-0.05, 0) is 12.5 Å². The third kappa shape index (κ3) is 4.27. The van der Waals surface area contributed by atoms with Crippen LogP contribution in [0.2, 0.25) is 0 Å². The molecule has 1 fully saturated rings. The van der Waals surface area contributed by atoms with Crippen molar-refractivity contribution in [1.82, 2.24) is 10.3 Å². The van der Waals surface area contributed by atoms with Crippen molar-refractivity contribution in [3.8, 4) is 11.5 Å². The zero-order valence-electron chi connectivity index (χ0n) is 15.8. The molecule has 1 unspecified atom stereocenters. The molecule has 1 aromatic rings. The van der Waals surface area contributed by atoms with Crippen molar-refractivity contribution < 1.29 is 27.5 Å². The van der Waals surface area contributed by atoms with Crippen LogP contribution in [-0.2, 0) is 26.0 Å². The molecular weight excluding hydrogens is 386 g/mol. The van der Waals surface area contributed by atoms with Crippen LogP contribution in [0, 0.1) is 0 Å². The summed E-state index contributed by atoms with van der Waals surface area (Å²) in [5.41, 5.74) is 0.951. The third-order valence-electron chi connectivity index (χ3n) is 4.80. The van der Waals surface area contributed by atoms with Gasteiger partial charge in [0, 0.05) is 24.9 Å². The number of nitrogens with zero attached hydrogens (tertiary/aromatic N) is 2. The molecule has 9 nitrogen and oxygen atoms in total. The van der Waals surface area contributed by atoms with Crippen molar-refractivity contribution in [2.24, 2.45) is 5.10 Å². The molecule has 1 atom stereocenters. The van der Waals surface area contributed by atoms with Crippen molar-refractivity contribution in [2.45, 2.75) is 31.8 Å². The van der Waals surface area contributed by atoms with Crippen LogP contribution in [0.5, 0.6) is 11.5 Å². The highest BCUT2D eigenvalue weighted by Crippen LogP contribution is 2.30. The third-order valence-corrected chi connectivity index (χ3v) is 6.55. The number of carbonyl (C=O) groups is 2. The van der Waals surface area contributed by atoms with Crippen LogP contribution in [0.25, 0.3) is 0 Å². The Balaban J connectivity index is 1.70. The second-order valence-corrected chi connectivity index (χ2v) is 8.91. The summed E-state index contributed by atoms with van der Waals surface area (Å²) in [4.78, 5) is 24.7. The number of amides is 2. The van der Waals surface area contributed by atoms with Gasteiger partial charge < -0.3 is 14.8 Å². The number of carbonyl (C=O) groups excluding carboxylic acids is 2. The van der Waals surface area contributed by atoms with E-state index in [1.54, 1.807) is 12.1 Å². The smallest absolute Gasteiger partial charge is 0.267 e. The molecule has 0 bridgehead atoms. The molecule has 28 heavy (non-hydrogen) atoms. The number of ether oxygens (including phenoxy) is 2. The van der Waals surface area contributed by atoms with Gasteiger partial charge in [-0.25, -0.2) is 13.4 Å². The van der Waals surface area contributed by atoms with E-state index in [0.717, 1.165) is 5.56 Å². The number of benzene rings is 1. The lowest BCUT2D eigenvalue weighted by Gasteiger charge is -2.27. The Morgan fingerprint density at radius 1 is 1.29 bits per heavy atom. The monoisotopic (exact) mass is 409 g/mol. The molecule has 0 spiro atoms. The molecule has 2 aliphatic rings. The first-order valence-electron chi connectivity index (χ1n) is 8.92. The average Bonchev–Trinajstić information content (AvgIpc) is 3.05. The molecule has 0 radical (unpaired) electrons. The summed E-state index contributed by atoms with van der Waals surface area (Å²) in [5.74, 6) is 0.357. The molecule has 2 heterocycles. The van der Waals surface area contributed by atoms with Gasteiger partial charge in [0.1, 0.15) is 5.71 Å². The average molecular weight is 409 g/mol. The van der Waals surface area contributed by atoms with Crippen molar-refractivity contribution in [2.75, 3.05) is 25.7 Å². The fourth-order valence-electron chi connectivity index (χ4n) is 3.36. The minimum absolute atomic E-state index is 0.0358. The van der Waals surface area contributed by atoms with Crippen LogP contribution in [0.4, 0.5) is 0 Å². The summed E-state index contributed by atoms with van der Waals surface area (Å²) < 4.78 is 34.0. The lowest BCUT2D eigenvalue weighted by atomic mass is 10.1. The van der Waals surface area contributed by atoms with E-state index >= 15 is 0 Å². The number of rotatable bonds is 6. The van der Waals surface area contributed by atoms with E-state index in [2.05, 4.69) is 10.4 Å². The van der Waals surface area contributed by atoms with Gasteiger partial charge in [-0.15, -0.1) is 0 Å². The van der Waals surface area contributed by atoms with Crippen molar-refractivity contribution in [3.05, 3.63) is 23.8 Å². The highest BCUT2D eigenvalue weighted by Gasteiger charge is 2.37. The van der Waals surface area contributed by atoms with E-state index in [0.29, 0.717) is 17.9 Å². The maximum atomic E-state index is 12.5. The lowest BCUT2D eigenvalue weighted by Crippen LogP contribution is -2.43. The molecular formula is C18H23N3O6S. The molecule has 2 aliphatic heterocycles. The van der Waals surface area contributed by atoms with Gasteiger partial charge in [0.05, 0.1) is 31.8 Å². The molecule has 0 aliphatic carbocycles. The molecule has 2 amide bonds. The number of para-hydroxylation sites is 1. The van der Waals surface area contributed by atoms with E-state index in [4.69, 9.17) is 9.47 Å². The Bertz CT molecular complexity index is 912. The van der Waals surface area contributed by atoms with Gasteiger partial charge >= 0.3 is 0 Å². The minimum atomic E-state index is -3.16. The number of methoxy groups -OCH3 is 2. The Labute approximate surface area is 163 Å². The van der Waals surface area contributed by atoms with E-state index in [1.165, 1.54) is 19.2 Å². The topological polar surface area (TPSA) is 114 Å². The first-order chi connectivity index (χ1) is 13.3.